The predicted octanol–water partition coefficient (Wildman–Crippen LogP) is 4.97. The van der Waals surface area contributed by atoms with Gasteiger partial charge in [0, 0.05) is 24.4 Å². The Bertz CT molecular complexity index is 966. The third kappa shape index (κ3) is 3.63. The number of anilines is 1. The molecule has 0 atom stereocenters. The minimum Gasteiger partial charge on any atom is -0.496 e. The highest BCUT2D eigenvalue weighted by molar-refractivity contribution is 5.93. The summed E-state index contributed by atoms with van der Waals surface area (Å²) in [5.74, 6) is 2.01. The van der Waals surface area contributed by atoms with E-state index in [1.165, 1.54) is 19.3 Å². The molecule has 2 heterocycles. The van der Waals surface area contributed by atoms with Crippen LogP contribution in [0.25, 0.3) is 22.3 Å². The molecule has 0 radical (unpaired) electrons. The van der Waals surface area contributed by atoms with Crippen molar-refractivity contribution in [1.29, 1.82) is 0 Å². The van der Waals surface area contributed by atoms with Crippen molar-refractivity contribution in [2.75, 3.05) is 12.4 Å². The summed E-state index contributed by atoms with van der Waals surface area (Å²) in [4.78, 5) is 12.4. The summed E-state index contributed by atoms with van der Waals surface area (Å²) in [5.41, 5.74) is 3.03. The van der Waals surface area contributed by atoms with Gasteiger partial charge in [-0.1, -0.05) is 25.3 Å². The van der Waals surface area contributed by atoms with Gasteiger partial charge >= 0.3 is 0 Å². The number of nitrogens with zero attached hydrogens (tertiary/aromatic N) is 2. The Morgan fingerprint density at radius 1 is 1.29 bits per heavy atom. The van der Waals surface area contributed by atoms with Crippen molar-refractivity contribution in [2.24, 2.45) is 5.92 Å². The van der Waals surface area contributed by atoms with Gasteiger partial charge in [0.15, 0.2) is 5.82 Å². The number of rotatable bonds is 6. The molecule has 28 heavy (non-hydrogen) atoms. The van der Waals surface area contributed by atoms with E-state index in [1.54, 1.807) is 7.11 Å². The largest absolute Gasteiger partial charge is 0.496 e. The smallest absolute Gasteiger partial charge is 0.225 e. The highest BCUT2D eigenvalue weighted by Crippen LogP contribution is 2.33. The van der Waals surface area contributed by atoms with Crippen LogP contribution in [-0.4, -0.2) is 27.8 Å². The van der Waals surface area contributed by atoms with E-state index in [0.717, 1.165) is 47.4 Å². The fourth-order valence-corrected chi connectivity index (χ4v) is 4.36. The first-order valence-corrected chi connectivity index (χ1v) is 10.2. The van der Waals surface area contributed by atoms with Gasteiger partial charge in [0.1, 0.15) is 5.75 Å². The summed E-state index contributed by atoms with van der Waals surface area (Å²) < 4.78 is 7.73. The van der Waals surface area contributed by atoms with Gasteiger partial charge in [0.25, 0.3) is 0 Å². The molecule has 0 spiro atoms. The molecule has 1 aromatic carbocycles. The van der Waals surface area contributed by atoms with Crippen LogP contribution in [0, 0.1) is 5.92 Å². The zero-order valence-corrected chi connectivity index (χ0v) is 16.6. The summed E-state index contributed by atoms with van der Waals surface area (Å²) in [6.45, 7) is 2.94. The Kier molecular flexibility index (Phi) is 5.37. The van der Waals surface area contributed by atoms with Gasteiger partial charge in [-0.2, -0.15) is 5.10 Å². The fourth-order valence-electron chi connectivity index (χ4n) is 4.36. The Morgan fingerprint density at radius 3 is 2.86 bits per heavy atom. The first kappa shape index (κ1) is 18.6. The number of hydrogen-bond acceptors (Lipinski definition) is 3. The molecule has 0 aliphatic heterocycles. The van der Waals surface area contributed by atoms with Gasteiger partial charge in [-0.15, -0.1) is 0 Å². The zero-order chi connectivity index (χ0) is 19.5. The zero-order valence-electron chi connectivity index (χ0n) is 16.6. The number of H-pyrrole nitrogens is 1. The fraction of sp³-hybridized carbons (Fsp3) is 0.455. The summed E-state index contributed by atoms with van der Waals surface area (Å²) in [7, 11) is 1.69. The average Bonchev–Trinajstić information content (AvgIpc) is 3.32. The highest BCUT2D eigenvalue weighted by atomic mass is 16.5. The number of methoxy groups -OCH3 is 1. The standard InChI is InChI=1S/C22H28N4O2/c1-3-26-18-10-7-11-20(28-2)16(18)13-19(26)17-14-21(25-24-17)23-22(27)12-15-8-5-4-6-9-15/h7,10-11,13-15H,3-6,8-9,12H2,1-2H3,(H2,23,24,25,27). The number of nitrogens with one attached hydrogen (secondary N) is 2. The minimum absolute atomic E-state index is 0.0580. The van der Waals surface area contributed by atoms with E-state index in [1.807, 2.05) is 18.2 Å². The SMILES string of the molecule is CCn1c(-c2cc(NC(=O)CC3CCCCC3)n[nH]2)cc2c(OC)cccc21. The number of benzene rings is 1. The molecule has 2 aromatic heterocycles. The number of carbonyl (C=O) groups is 1. The molecule has 0 bridgehead atoms. The number of hydrogen-bond donors (Lipinski definition) is 2. The molecule has 6 heteroatoms. The van der Waals surface area contributed by atoms with Gasteiger partial charge in [0.05, 0.1) is 24.0 Å². The quantitative estimate of drug-likeness (QED) is 0.634. The van der Waals surface area contributed by atoms with Crippen LogP contribution in [0.2, 0.25) is 0 Å². The van der Waals surface area contributed by atoms with Gasteiger partial charge < -0.3 is 14.6 Å². The van der Waals surface area contributed by atoms with Crippen LogP contribution >= 0.6 is 0 Å². The van der Waals surface area contributed by atoms with Gasteiger partial charge in [-0.25, -0.2) is 0 Å². The minimum atomic E-state index is 0.0580. The van der Waals surface area contributed by atoms with Crippen molar-refractivity contribution in [3.63, 3.8) is 0 Å². The van der Waals surface area contributed by atoms with Gasteiger partial charge in [0.2, 0.25) is 5.91 Å². The van der Waals surface area contributed by atoms with Crippen LogP contribution in [-0.2, 0) is 11.3 Å². The van der Waals surface area contributed by atoms with Crippen molar-refractivity contribution < 1.29 is 9.53 Å². The lowest BCUT2D eigenvalue weighted by molar-refractivity contribution is -0.117. The van der Waals surface area contributed by atoms with Crippen molar-refractivity contribution in [3.05, 3.63) is 30.3 Å². The van der Waals surface area contributed by atoms with Crippen molar-refractivity contribution >= 4 is 22.6 Å². The first-order chi connectivity index (χ1) is 13.7. The third-order valence-corrected chi connectivity index (χ3v) is 5.76. The number of carbonyl (C=O) groups excluding carboxylic acids is 1. The van der Waals surface area contributed by atoms with E-state index < -0.39 is 0 Å². The molecule has 0 saturated heterocycles. The molecule has 1 fully saturated rings. The normalized spacial score (nSPS) is 15.1. The molecule has 4 rings (SSSR count). The summed E-state index contributed by atoms with van der Waals surface area (Å²) in [6, 6.07) is 10.1. The molecular weight excluding hydrogens is 352 g/mol. The summed E-state index contributed by atoms with van der Waals surface area (Å²) >= 11 is 0. The molecule has 3 aromatic rings. The third-order valence-electron chi connectivity index (χ3n) is 5.76. The molecule has 1 saturated carbocycles. The van der Waals surface area contributed by atoms with Crippen LogP contribution in [0.15, 0.2) is 30.3 Å². The molecule has 2 N–H and O–H groups in total. The monoisotopic (exact) mass is 380 g/mol. The molecule has 0 unspecified atom stereocenters. The predicted molar refractivity (Wildman–Crippen MR) is 112 cm³/mol. The second kappa shape index (κ2) is 8.09. The highest BCUT2D eigenvalue weighted by Gasteiger charge is 2.19. The molecular formula is C22H28N4O2. The van der Waals surface area contributed by atoms with Gasteiger partial charge in [-0.3, -0.25) is 9.89 Å². The van der Waals surface area contributed by atoms with Crippen LogP contribution in [0.1, 0.15) is 45.4 Å². The summed E-state index contributed by atoms with van der Waals surface area (Å²) in [6.07, 6.45) is 6.71. The van der Waals surface area contributed by atoms with Crippen molar-refractivity contribution in [3.8, 4) is 17.1 Å². The molecule has 6 nitrogen and oxygen atoms in total. The molecule has 1 aliphatic rings. The molecule has 1 aliphatic carbocycles. The first-order valence-electron chi connectivity index (χ1n) is 10.2. The number of aromatic amines is 1. The van der Waals surface area contributed by atoms with Crippen LogP contribution in [0.5, 0.6) is 5.75 Å². The number of aromatic nitrogens is 3. The lowest BCUT2D eigenvalue weighted by Crippen LogP contribution is -2.18. The number of amides is 1. The van der Waals surface area contributed by atoms with Crippen LogP contribution in [0.3, 0.4) is 0 Å². The second-order valence-electron chi connectivity index (χ2n) is 7.59. The van der Waals surface area contributed by atoms with E-state index in [2.05, 4.69) is 39.1 Å². The van der Waals surface area contributed by atoms with E-state index in [-0.39, 0.29) is 5.91 Å². The van der Waals surface area contributed by atoms with Crippen LogP contribution in [0.4, 0.5) is 5.82 Å². The molecule has 148 valence electrons. The van der Waals surface area contributed by atoms with Gasteiger partial charge in [-0.05, 0) is 43.9 Å². The van der Waals surface area contributed by atoms with Crippen molar-refractivity contribution in [1.82, 2.24) is 14.8 Å². The second-order valence-corrected chi connectivity index (χ2v) is 7.59. The lowest BCUT2D eigenvalue weighted by Gasteiger charge is -2.20. The Hall–Kier alpha value is -2.76. The van der Waals surface area contributed by atoms with E-state index in [9.17, 15) is 4.79 Å². The lowest BCUT2D eigenvalue weighted by atomic mass is 9.87. The maximum absolute atomic E-state index is 12.4. The van der Waals surface area contributed by atoms with E-state index >= 15 is 0 Å². The Labute approximate surface area is 165 Å². The van der Waals surface area contributed by atoms with Crippen molar-refractivity contribution in [2.45, 2.75) is 52.0 Å². The molecule has 1 amide bonds. The topological polar surface area (TPSA) is 71.9 Å². The Morgan fingerprint density at radius 2 is 2.11 bits per heavy atom. The Balaban J connectivity index is 1.54. The number of ether oxygens (including phenoxy) is 1. The van der Waals surface area contributed by atoms with E-state index in [4.69, 9.17) is 4.74 Å². The maximum atomic E-state index is 12.4. The number of aryl methyl sites for hydroxylation is 1. The van der Waals surface area contributed by atoms with E-state index in [0.29, 0.717) is 18.2 Å². The number of fused-ring (bicyclic) bond motifs is 1. The maximum Gasteiger partial charge on any atom is 0.225 e. The van der Waals surface area contributed by atoms with Crippen LogP contribution < -0.4 is 10.1 Å². The average molecular weight is 380 g/mol. The summed E-state index contributed by atoms with van der Waals surface area (Å²) in [5, 5.41) is 11.4.